The second-order valence-corrected chi connectivity index (χ2v) is 4.66. The summed E-state index contributed by atoms with van der Waals surface area (Å²) in [5, 5.41) is 9.13. The summed E-state index contributed by atoms with van der Waals surface area (Å²) in [7, 11) is 0. The van der Waals surface area contributed by atoms with Gasteiger partial charge in [-0.3, -0.25) is 4.79 Å². The molecule has 1 fully saturated rings. The molecule has 2 nitrogen and oxygen atoms in total. The van der Waals surface area contributed by atoms with Gasteiger partial charge in [-0.1, -0.05) is 25.7 Å². The summed E-state index contributed by atoms with van der Waals surface area (Å²) < 4.78 is 0. The molecule has 1 aliphatic rings. The molecule has 1 N–H and O–H groups in total. The number of carbonyl (C=O) groups is 1. The first kappa shape index (κ1) is 11.2. The summed E-state index contributed by atoms with van der Waals surface area (Å²) >= 11 is 0. The Morgan fingerprint density at radius 2 is 1.81 bits per heavy atom. The first-order chi connectivity index (χ1) is 7.75. The van der Waals surface area contributed by atoms with Crippen molar-refractivity contribution in [3.63, 3.8) is 0 Å². The molecule has 0 spiro atoms. The van der Waals surface area contributed by atoms with E-state index in [0.717, 1.165) is 17.9 Å². The summed E-state index contributed by atoms with van der Waals surface area (Å²) in [5.74, 6) is 1.18. The van der Waals surface area contributed by atoms with Crippen molar-refractivity contribution in [2.45, 2.75) is 38.5 Å². The van der Waals surface area contributed by atoms with Crippen LogP contribution in [0.2, 0.25) is 0 Å². The third-order valence-electron chi connectivity index (χ3n) is 3.44. The Balaban J connectivity index is 1.85. The standard InChI is InChI=1S/C14H18O2/c15-13-8-6-12(7-9-13)14(16)10-5-11-3-1-2-4-11/h6-9,11,15H,1-5,10H2. The third-order valence-corrected chi connectivity index (χ3v) is 3.44. The summed E-state index contributed by atoms with van der Waals surface area (Å²) in [6, 6.07) is 6.55. The van der Waals surface area contributed by atoms with Crippen LogP contribution in [0.4, 0.5) is 0 Å². The molecule has 0 aromatic heterocycles. The molecule has 0 atom stereocenters. The zero-order valence-corrected chi connectivity index (χ0v) is 9.48. The van der Waals surface area contributed by atoms with E-state index < -0.39 is 0 Å². The van der Waals surface area contributed by atoms with E-state index >= 15 is 0 Å². The summed E-state index contributed by atoms with van der Waals surface area (Å²) in [4.78, 5) is 11.8. The van der Waals surface area contributed by atoms with Gasteiger partial charge in [0.25, 0.3) is 0 Å². The largest absolute Gasteiger partial charge is 0.508 e. The van der Waals surface area contributed by atoms with Crippen LogP contribution in [0.15, 0.2) is 24.3 Å². The van der Waals surface area contributed by atoms with Crippen LogP contribution in [0, 0.1) is 5.92 Å². The molecule has 0 aliphatic heterocycles. The molecule has 0 radical (unpaired) electrons. The molecule has 86 valence electrons. The van der Waals surface area contributed by atoms with Gasteiger partial charge in [0.2, 0.25) is 0 Å². The van der Waals surface area contributed by atoms with Gasteiger partial charge in [-0.2, -0.15) is 0 Å². The Labute approximate surface area is 96.3 Å². The highest BCUT2D eigenvalue weighted by Crippen LogP contribution is 2.29. The summed E-state index contributed by atoms with van der Waals surface area (Å²) in [5.41, 5.74) is 0.718. The molecular formula is C14H18O2. The second-order valence-electron chi connectivity index (χ2n) is 4.66. The fourth-order valence-corrected chi connectivity index (χ4v) is 2.43. The fourth-order valence-electron chi connectivity index (χ4n) is 2.43. The normalized spacial score (nSPS) is 16.5. The third kappa shape index (κ3) is 2.84. The van der Waals surface area contributed by atoms with Gasteiger partial charge in [0.05, 0.1) is 0 Å². The van der Waals surface area contributed by atoms with Gasteiger partial charge in [-0.05, 0) is 36.6 Å². The van der Waals surface area contributed by atoms with Crippen molar-refractivity contribution < 1.29 is 9.90 Å². The van der Waals surface area contributed by atoms with Gasteiger partial charge in [-0.25, -0.2) is 0 Å². The molecule has 0 amide bonds. The monoisotopic (exact) mass is 218 g/mol. The SMILES string of the molecule is O=C(CCC1CCCC1)c1ccc(O)cc1. The maximum absolute atomic E-state index is 11.8. The van der Waals surface area contributed by atoms with E-state index in [2.05, 4.69) is 0 Å². The van der Waals surface area contributed by atoms with Crippen molar-refractivity contribution >= 4 is 5.78 Å². The maximum Gasteiger partial charge on any atom is 0.162 e. The number of Topliss-reactive ketones (excluding diaryl/α,β-unsaturated/α-hetero) is 1. The highest BCUT2D eigenvalue weighted by Gasteiger charge is 2.16. The molecule has 1 aliphatic carbocycles. The van der Waals surface area contributed by atoms with E-state index in [1.54, 1.807) is 24.3 Å². The lowest BCUT2D eigenvalue weighted by Gasteiger charge is -2.07. The fraction of sp³-hybridized carbons (Fsp3) is 0.500. The van der Waals surface area contributed by atoms with Crippen molar-refractivity contribution in [2.75, 3.05) is 0 Å². The van der Waals surface area contributed by atoms with Crippen LogP contribution in [0.5, 0.6) is 5.75 Å². The molecule has 0 saturated heterocycles. The number of aromatic hydroxyl groups is 1. The highest BCUT2D eigenvalue weighted by molar-refractivity contribution is 5.96. The molecule has 1 saturated carbocycles. The number of hydrogen-bond acceptors (Lipinski definition) is 2. The Kier molecular flexibility index (Phi) is 3.60. The Hall–Kier alpha value is -1.31. The van der Waals surface area contributed by atoms with Crippen LogP contribution in [-0.4, -0.2) is 10.9 Å². The van der Waals surface area contributed by atoms with Gasteiger partial charge in [-0.15, -0.1) is 0 Å². The van der Waals surface area contributed by atoms with Gasteiger partial charge in [0.1, 0.15) is 5.75 Å². The zero-order valence-electron chi connectivity index (χ0n) is 9.48. The lowest BCUT2D eigenvalue weighted by Crippen LogP contribution is -2.02. The van der Waals surface area contributed by atoms with Crippen molar-refractivity contribution in [3.8, 4) is 5.75 Å². The van der Waals surface area contributed by atoms with Crippen LogP contribution in [0.3, 0.4) is 0 Å². The van der Waals surface area contributed by atoms with E-state index in [1.165, 1.54) is 25.7 Å². The van der Waals surface area contributed by atoms with Crippen LogP contribution in [0.25, 0.3) is 0 Å². The minimum atomic E-state index is 0.201. The van der Waals surface area contributed by atoms with Crippen molar-refractivity contribution in [1.82, 2.24) is 0 Å². The molecule has 1 aromatic rings. The minimum absolute atomic E-state index is 0.201. The molecule has 2 rings (SSSR count). The van der Waals surface area contributed by atoms with E-state index in [0.29, 0.717) is 6.42 Å². The Morgan fingerprint density at radius 3 is 2.44 bits per heavy atom. The van der Waals surface area contributed by atoms with Gasteiger partial charge >= 0.3 is 0 Å². The summed E-state index contributed by atoms with van der Waals surface area (Å²) in [6.07, 6.45) is 6.93. The van der Waals surface area contributed by atoms with E-state index in [9.17, 15) is 4.79 Å². The Morgan fingerprint density at radius 1 is 1.19 bits per heavy atom. The van der Waals surface area contributed by atoms with Gasteiger partial charge in [0.15, 0.2) is 5.78 Å². The van der Waals surface area contributed by atoms with E-state index in [4.69, 9.17) is 5.11 Å². The molecule has 16 heavy (non-hydrogen) atoms. The van der Waals surface area contributed by atoms with Crippen LogP contribution in [-0.2, 0) is 0 Å². The second kappa shape index (κ2) is 5.15. The summed E-state index contributed by atoms with van der Waals surface area (Å²) in [6.45, 7) is 0. The molecule has 0 bridgehead atoms. The predicted molar refractivity (Wildman–Crippen MR) is 63.6 cm³/mol. The number of rotatable bonds is 4. The number of phenolic OH excluding ortho intramolecular Hbond substituents is 1. The molecule has 0 heterocycles. The first-order valence-electron chi connectivity index (χ1n) is 6.08. The maximum atomic E-state index is 11.8. The predicted octanol–water partition coefficient (Wildman–Crippen LogP) is 3.55. The number of ketones is 1. The van der Waals surface area contributed by atoms with Crippen molar-refractivity contribution in [1.29, 1.82) is 0 Å². The topological polar surface area (TPSA) is 37.3 Å². The number of hydrogen-bond donors (Lipinski definition) is 1. The number of benzene rings is 1. The molecule has 0 unspecified atom stereocenters. The van der Waals surface area contributed by atoms with Crippen molar-refractivity contribution in [3.05, 3.63) is 29.8 Å². The van der Waals surface area contributed by atoms with Crippen LogP contribution < -0.4 is 0 Å². The quantitative estimate of drug-likeness (QED) is 0.785. The van der Waals surface area contributed by atoms with Crippen LogP contribution in [0.1, 0.15) is 48.9 Å². The number of carbonyl (C=O) groups excluding carboxylic acids is 1. The minimum Gasteiger partial charge on any atom is -0.508 e. The molecule has 1 aromatic carbocycles. The molecule has 2 heteroatoms. The average molecular weight is 218 g/mol. The lowest BCUT2D eigenvalue weighted by molar-refractivity contribution is 0.0974. The van der Waals surface area contributed by atoms with E-state index in [1.807, 2.05) is 0 Å². The zero-order chi connectivity index (χ0) is 11.4. The Bertz CT molecular complexity index is 348. The van der Waals surface area contributed by atoms with Crippen molar-refractivity contribution in [2.24, 2.45) is 5.92 Å². The van der Waals surface area contributed by atoms with Gasteiger partial charge < -0.3 is 5.11 Å². The van der Waals surface area contributed by atoms with Crippen LogP contribution >= 0.6 is 0 Å². The highest BCUT2D eigenvalue weighted by atomic mass is 16.3. The average Bonchev–Trinajstić information content (AvgIpc) is 2.80. The number of phenols is 1. The smallest absolute Gasteiger partial charge is 0.162 e. The van der Waals surface area contributed by atoms with Gasteiger partial charge in [0, 0.05) is 12.0 Å². The van der Waals surface area contributed by atoms with E-state index in [-0.39, 0.29) is 11.5 Å². The lowest BCUT2D eigenvalue weighted by atomic mass is 9.97. The molecular weight excluding hydrogens is 200 g/mol. The first-order valence-corrected chi connectivity index (χ1v) is 6.08.